The standard InChI is InChI=1S/C14H20N2O/c1-10-14(8-13(17)9-15-10)11(2)16-12-6-4-3-5-7-12/h8-9,12,16-17H,2-7H2,1H3. The van der Waals surface area contributed by atoms with Crippen LogP contribution in [0.2, 0.25) is 0 Å². The molecular formula is C14H20N2O. The maximum absolute atomic E-state index is 9.46. The molecule has 0 unspecified atom stereocenters. The molecule has 92 valence electrons. The van der Waals surface area contributed by atoms with Crippen LogP contribution in [0.15, 0.2) is 18.8 Å². The first-order valence-corrected chi connectivity index (χ1v) is 6.28. The molecule has 1 aliphatic carbocycles. The lowest BCUT2D eigenvalue weighted by molar-refractivity contribution is 0.409. The molecule has 0 saturated heterocycles. The average Bonchev–Trinajstić information content (AvgIpc) is 2.33. The first-order valence-electron chi connectivity index (χ1n) is 6.28. The van der Waals surface area contributed by atoms with E-state index in [1.54, 1.807) is 6.07 Å². The summed E-state index contributed by atoms with van der Waals surface area (Å²) in [6.45, 7) is 5.99. The normalized spacial score (nSPS) is 16.8. The minimum atomic E-state index is 0.192. The molecule has 1 heterocycles. The van der Waals surface area contributed by atoms with Crippen LogP contribution in [-0.2, 0) is 0 Å². The van der Waals surface area contributed by atoms with Crippen molar-refractivity contribution in [2.24, 2.45) is 0 Å². The highest BCUT2D eigenvalue weighted by molar-refractivity contribution is 5.64. The lowest BCUT2D eigenvalue weighted by atomic mass is 9.95. The fourth-order valence-corrected chi connectivity index (χ4v) is 2.40. The summed E-state index contributed by atoms with van der Waals surface area (Å²) in [6, 6.07) is 2.25. The van der Waals surface area contributed by atoms with Gasteiger partial charge in [0.1, 0.15) is 5.75 Å². The Morgan fingerprint density at radius 1 is 1.41 bits per heavy atom. The van der Waals surface area contributed by atoms with Gasteiger partial charge in [0.25, 0.3) is 0 Å². The summed E-state index contributed by atoms with van der Waals surface area (Å²) < 4.78 is 0. The molecule has 0 aliphatic heterocycles. The maximum Gasteiger partial charge on any atom is 0.134 e. The van der Waals surface area contributed by atoms with Crippen LogP contribution < -0.4 is 5.32 Å². The van der Waals surface area contributed by atoms with Gasteiger partial charge in [-0.25, -0.2) is 0 Å². The summed E-state index contributed by atoms with van der Waals surface area (Å²) >= 11 is 0. The highest BCUT2D eigenvalue weighted by Gasteiger charge is 2.15. The molecule has 0 spiro atoms. The van der Waals surface area contributed by atoms with E-state index >= 15 is 0 Å². The summed E-state index contributed by atoms with van der Waals surface area (Å²) in [5, 5.41) is 12.9. The zero-order chi connectivity index (χ0) is 12.3. The van der Waals surface area contributed by atoms with Crippen LogP contribution in [-0.4, -0.2) is 16.1 Å². The second-order valence-corrected chi connectivity index (χ2v) is 4.78. The number of pyridine rings is 1. The van der Waals surface area contributed by atoms with Crippen molar-refractivity contribution in [2.75, 3.05) is 0 Å². The number of nitrogens with one attached hydrogen (secondary N) is 1. The van der Waals surface area contributed by atoms with E-state index in [9.17, 15) is 5.11 Å². The van der Waals surface area contributed by atoms with E-state index in [-0.39, 0.29) is 5.75 Å². The second-order valence-electron chi connectivity index (χ2n) is 4.78. The Morgan fingerprint density at radius 2 is 2.12 bits per heavy atom. The molecule has 0 aromatic carbocycles. The van der Waals surface area contributed by atoms with E-state index in [1.165, 1.54) is 38.3 Å². The van der Waals surface area contributed by atoms with Crippen molar-refractivity contribution < 1.29 is 5.11 Å². The zero-order valence-electron chi connectivity index (χ0n) is 10.4. The third-order valence-corrected chi connectivity index (χ3v) is 3.38. The third-order valence-electron chi connectivity index (χ3n) is 3.38. The van der Waals surface area contributed by atoms with E-state index in [2.05, 4.69) is 16.9 Å². The van der Waals surface area contributed by atoms with Crippen molar-refractivity contribution in [2.45, 2.75) is 45.1 Å². The molecular weight excluding hydrogens is 212 g/mol. The second kappa shape index (κ2) is 5.21. The summed E-state index contributed by atoms with van der Waals surface area (Å²) in [6.07, 6.45) is 7.82. The third kappa shape index (κ3) is 2.99. The van der Waals surface area contributed by atoms with Gasteiger partial charge in [0.15, 0.2) is 0 Å². The lowest BCUT2D eigenvalue weighted by Crippen LogP contribution is -2.29. The van der Waals surface area contributed by atoms with Gasteiger partial charge in [-0.2, -0.15) is 0 Å². The number of rotatable bonds is 3. The molecule has 1 aliphatic rings. The largest absolute Gasteiger partial charge is 0.506 e. The Labute approximate surface area is 103 Å². The first kappa shape index (κ1) is 12.0. The Balaban J connectivity index is 2.05. The topological polar surface area (TPSA) is 45.1 Å². The lowest BCUT2D eigenvalue weighted by Gasteiger charge is -2.25. The molecule has 0 radical (unpaired) electrons. The minimum absolute atomic E-state index is 0.192. The zero-order valence-corrected chi connectivity index (χ0v) is 10.4. The van der Waals surface area contributed by atoms with Gasteiger partial charge in [0, 0.05) is 23.0 Å². The number of aromatic hydroxyl groups is 1. The van der Waals surface area contributed by atoms with Gasteiger partial charge in [0.05, 0.1) is 6.20 Å². The molecule has 17 heavy (non-hydrogen) atoms. The number of nitrogens with zero attached hydrogens (tertiary/aromatic N) is 1. The van der Waals surface area contributed by atoms with Gasteiger partial charge in [-0.1, -0.05) is 25.8 Å². The molecule has 2 N–H and O–H groups in total. The van der Waals surface area contributed by atoms with Gasteiger partial charge in [-0.05, 0) is 25.8 Å². The predicted octanol–water partition coefficient (Wildman–Crippen LogP) is 2.99. The van der Waals surface area contributed by atoms with Crippen molar-refractivity contribution in [3.63, 3.8) is 0 Å². The molecule has 1 saturated carbocycles. The molecule has 3 heteroatoms. The highest BCUT2D eigenvalue weighted by Crippen LogP contribution is 2.23. The number of aryl methyl sites for hydroxylation is 1. The molecule has 0 amide bonds. The van der Waals surface area contributed by atoms with Gasteiger partial charge >= 0.3 is 0 Å². The fraction of sp³-hybridized carbons (Fsp3) is 0.500. The molecule has 2 rings (SSSR count). The number of hydrogen-bond acceptors (Lipinski definition) is 3. The minimum Gasteiger partial charge on any atom is -0.506 e. The van der Waals surface area contributed by atoms with Crippen LogP contribution in [0.1, 0.15) is 43.4 Å². The van der Waals surface area contributed by atoms with E-state index in [0.29, 0.717) is 6.04 Å². The van der Waals surface area contributed by atoms with E-state index in [0.717, 1.165) is 17.0 Å². The Kier molecular flexibility index (Phi) is 3.67. The monoisotopic (exact) mass is 232 g/mol. The Bertz CT molecular complexity index is 409. The number of hydrogen-bond donors (Lipinski definition) is 2. The summed E-state index contributed by atoms with van der Waals surface area (Å²) in [5.41, 5.74) is 2.68. The van der Waals surface area contributed by atoms with Gasteiger partial charge < -0.3 is 10.4 Å². The van der Waals surface area contributed by atoms with E-state index in [4.69, 9.17) is 0 Å². The first-order chi connectivity index (χ1) is 8.16. The molecule has 3 nitrogen and oxygen atoms in total. The van der Waals surface area contributed by atoms with Gasteiger partial charge in [-0.15, -0.1) is 0 Å². The van der Waals surface area contributed by atoms with Crippen molar-refractivity contribution in [1.82, 2.24) is 10.3 Å². The molecule has 1 aromatic rings. The Morgan fingerprint density at radius 3 is 2.82 bits per heavy atom. The Hall–Kier alpha value is -1.51. The molecule has 0 bridgehead atoms. The van der Waals surface area contributed by atoms with Crippen LogP contribution in [0.25, 0.3) is 5.70 Å². The van der Waals surface area contributed by atoms with Crippen LogP contribution in [0, 0.1) is 6.92 Å². The maximum atomic E-state index is 9.46. The van der Waals surface area contributed by atoms with E-state index in [1.807, 2.05) is 6.92 Å². The highest BCUT2D eigenvalue weighted by atomic mass is 16.3. The van der Waals surface area contributed by atoms with Crippen molar-refractivity contribution in [3.05, 3.63) is 30.1 Å². The van der Waals surface area contributed by atoms with Crippen LogP contribution in [0.3, 0.4) is 0 Å². The SMILES string of the molecule is C=C(NC1CCCCC1)c1cc(O)cnc1C. The molecule has 1 fully saturated rings. The van der Waals surface area contributed by atoms with Crippen molar-refractivity contribution >= 4 is 5.70 Å². The summed E-state index contributed by atoms with van der Waals surface area (Å²) in [4.78, 5) is 4.14. The van der Waals surface area contributed by atoms with Crippen LogP contribution in [0.5, 0.6) is 5.75 Å². The average molecular weight is 232 g/mol. The molecule has 1 aromatic heterocycles. The fourth-order valence-electron chi connectivity index (χ4n) is 2.40. The predicted molar refractivity (Wildman–Crippen MR) is 69.7 cm³/mol. The molecule has 0 atom stereocenters. The number of aromatic nitrogens is 1. The quantitative estimate of drug-likeness (QED) is 0.842. The van der Waals surface area contributed by atoms with Gasteiger partial charge in [-0.3, -0.25) is 4.98 Å². The van der Waals surface area contributed by atoms with Crippen molar-refractivity contribution in [1.29, 1.82) is 0 Å². The summed E-state index contributed by atoms with van der Waals surface area (Å²) in [5.74, 6) is 0.192. The van der Waals surface area contributed by atoms with Crippen LogP contribution >= 0.6 is 0 Å². The van der Waals surface area contributed by atoms with E-state index < -0.39 is 0 Å². The smallest absolute Gasteiger partial charge is 0.134 e. The summed E-state index contributed by atoms with van der Waals surface area (Å²) in [7, 11) is 0. The van der Waals surface area contributed by atoms with Crippen LogP contribution in [0.4, 0.5) is 0 Å². The van der Waals surface area contributed by atoms with Gasteiger partial charge in [0.2, 0.25) is 0 Å². The van der Waals surface area contributed by atoms with Crippen molar-refractivity contribution in [3.8, 4) is 5.75 Å².